The van der Waals surface area contributed by atoms with Gasteiger partial charge in [-0.05, 0) is 73.9 Å². The first-order valence-corrected chi connectivity index (χ1v) is 21.6. The van der Waals surface area contributed by atoms with E-state index in [-0.39, 0.29) is 48.8 Å². The van der Waals surface area contributed by atoms with Crippen molar-refractivity contribution in [3.8, 4) is 0 Å². The van der Waals surface area contributed by atoms with E-state index in [1.807, 2.05) is 26.0 Å². The number of amidine groups is 1. The Labute approximate surface area is 339 Å². The average Bonchev–Trinajstić information content (AvgIpc) is 3.40. The van der Waals surface area contributed by atoms with E-state index in [1.165, 1.54) is 62.8 Å². The number of halogens is 4. The molecule has 0 aromatic heterocycles. The Balaban J connectivity index is 1.46. The first-order valence-electron chi connectivity index (χ1n) is 18.3. The highest BCUT2D eigenvalue weighted by atomic mass is 35.5. The summed E-state index contributed by atoms with van der Waals surface area (Å²) in [7, 11) is -3.43. The molecule has 4 rings (SSSR count). The lowest BCUT2D eigenvalue weighted by Gasteiger charge is -2.19. The Morgan fingerprint density at radius 1 is 0.852 bits per heavy atom. The number of aryl methyl sites for hydroxylation is 2. The molecule has 15 heteroatoms. The third-order valence-corrected chi connectivity index (χ3v) is 12.2. The summed E-state index contributed by atoms with van der Waals surface area (Å²) in [6.07, 6.45) is 11.1. The molecule has 2 atom stereocenters. The summed E-state index contributed by atoms with van der Waals surface area (Å²) < 4.78 is 25.7. The van der Waals surface area contributed by atoms with Crippen LogP contribution in [0.25, 0.3) is 0 Å². The summed E-state index contributed by atoms with van der Waals surface area (Å²) in [6, 6.07) is 11.8. The molecule has 1 aliphatic heterocycles. The molecule has 0 aliphatic carbocycles. The number of amides is 2. The summed E-state index contributed by atoms with van der Waals surface area (Å²) in [5, 5.41) is 13.3. The number of benzene rings is 3. The maximum absolute atomic E-state index is 13.8. The maximum atomic E-state index is 13.8. The molecule has 1 fully saturated rings. The summed E-state index contributed by atoms with van der Waals surface area (Å²) in [6.45, 7) is 7.72. The maximum Gasteiger partial charge on any atom is 0.280 e. The van der Waals surface area contributed by atoms with Crippen molar-refractivity contribution in [1.29, 1.82) is 0 Å². The Bertz CT molecular complexity index is 1950. The minimum absolute atomic E-state index is 0.0565. The summed E-state index contributed by atoms with van der Waals surface area (Å²) in [5.74, 6) is -1.97. The molecule has 1 heterocycles. The van der Waals surface area contributed by atoms with Gasteiger partial charge < -0.3 is 5.32 Å². The third-order valence-electron chi connectivity index (χ3n) is 9.14. The van der Waals surface area contributed by atoms with Crippen LogP contribution in [-0.2, 0) is 19.4 Å². The zero-order valence-corrected chi connectivity index (χ0v) is 34.9. The smallest absolute Gasteiger partial charge is 0.280 e. The highest BCUT2D eigenvalue weighted by molar-refractivity contribution is 7.91. The average molecular weight is 839 g/mol. The van der Waals surface area contributed by atoms with Crippen LogP contribution in [0.4, 0.5) is 22.7 Å². The van der Waals surface area contributed by atoms with Crippen molar-refractivity contribution >= 4 is 96.6 Å². The molecule has 0 radical (unpaired) electrons. The number of rotatable bonds is 19. The zero-order valence-electron chi connectivity index (χ0n) is 31.1. The number of hydrogen-bond acceptors (Lipinski definition) is 7. The number of carbonyl (C=O) groups is 2. The zero-order chi connectivity index (χ0) is 39.4. The number of anilines is 2. The second kappa shape index (κ2) is 20.6. The Hall–Kier alpha value is -3.22. The van der Waals surface area contributed by atoms with Crippen LogP contribution in [0.5, 0.6) is 0 Å². The van der Waals surface area contributed by atoms with E-state index < -0.39 is 33.6 Å². The molecule has 1 saturated heterocycles. The Morgan fingerprint density at radius 3 is 2.11 bits per heavy atom. The third kappa shape index (κ3) is 12.7. The quantitative estimate of drug-likeness (QED) is 0.0916. The van der Waals surface area contributed by atoms with Crippen molar-refractivity contribution in [1.82, 2.24) is 5.43 Å². The van der Waals surface area contributed by atoms with Gasteiger partial charge in [0.2, 0.25) is 11.9 Å². The van der Waals surface area contributed by atoms with E-state index in [2.05, 4.69) is 32.9 Å². The van der Waals surface area contributed by atoms with Crippen molar-refractivity contribution in [3.63, 3.8) is 0 Å². The SMILES string of the molecule is CCCCCCCCCCCCS(=O)(=O)CC(C)C(=O)Nc1ccc(Cl)c(N=C2NN(c3c(Cl)cc(Cl)cc3Cl)C(=O)C2N=Nc2ccc(C)c(C)c2)c1. The van der Waals surface area contributed by atoms with E-state index >= 15 is 0 Å². The molecular weight excluding hydrogens is 790 g/mol. The monoisotopic (exact) mass is 836 g/mol. The van der Waals surface area contributed by atoms with E-state index in [0.717, 1.165) is 35.4 Å². The number of azo groups is 1. The lowest BCUT2D eigenvalue weighted by atomic mass is 10.1. The molecule has 0 saturated carbocycles. The van der Waals surface area contributed by atoms with Crippen LogP contribution in [0.15, 0.2) is 63.8 Å². The number of hydrazine groups is 1. The fourth-order valence-corrected chi connectivity index (χ4v) is 8.78. The van der Waals surface area contributed by atoms with Crippen molar-refractivity contribution in [2.45, 2.75) is 97.9 Å². The molecule has 54 heavy (non-hydrogen) atoms. The normalized spacial score (nSPS) is 16.0. The van der Waals surface area contributed by atoms with Gasteiger partial charge in [-0.15, -0.1) is 0 Å². The molecule has 10 nitrogen and oxygen atoms in total. The van der Waals surface area contributed by atoms with E-state index in [9.17, 15) is 18.0 Å². The topological polar surface area (TPSA) is 133 Å². The fourth-order valence-electron chi connectivity index (χ4n) is 5.91. The van der Waals surface area contributed by atoms with Crippen molar-refractivity contribution in [2.75, 3.05) is 21.8 Å². The van der Waals surface area contributed by atoms with Crippen LogP contribution >= 0.6 is 46.4 Å². The van der Waals surface area contributed by atoms with E-state index in [1.54, 1.807) is 19.1 Å². The number of hydrogen-bond donors (Lipinski definition) is 2. The molecule has 0 bridgehead atoms. The lowest BCUT2D eigenvalue weighted by molar-refractivity contribution is -0.119. The molecule has 2 amide bonds. The van der Waals surface area contributed by atoms with Gasteiger partial charge in [0.15, 0.2) is 15.7 Å². The summed E-state index contributed by atoms with van der Waals surface area (Å²) >= 11 is 25.6. The Kier molecular flexibility index (Phi) is 16.6. The summed E-state index contributed by atoms with van der Waals surface area (Å²) in [4.78, 5) is 31.6. The number of nitrogens with one attached hydrogen (secondary N) is 2. The van der Waals surface area contributed by atoms with Gasteiger partial charge in [-0.25, -0.2) is 18.4 Å². The molecule has 292 valence electrons. The second-order valence-corrected chi connectivity index (χ2v) is 17.6. The number of aliphatic imine (C=N–C) groups is 1. The molecular formula is C39H48Cl4N6O4S. The van der Waals surface area contributed by atoms with Crippen LogP contribution in [0.1, 0.15) is 89.2 Å². The molecule has 2 N–H and O–H groups in total. The second-order valence-electron chi connectivity index (χ2n) is 13.7. The van der Waals surface area contributed by atoms with Crippen molar-refractivity contribution in [2.24, 2.45) is 21.1 Å². The Morgan fingerprint density at radius 2 is 1.48 bits per heavy atom. The van der Waals surface area contributed by atoms with Crippen LogP contribution in [0, 0.1) is 19.8 Å². The van der Waals surface area contributed by atoms with Crippen LogP contribution < -0.4 is 15.8 Å². The van der Waals surface area contributed by atoms with Gasteiger partial charge in [-0.2, -0.15) is 10.2 Å². The van der Waals surface area contributed by atoms with Gasteiger partial charge in [-0.1, -0.05) is 124 Å². The van der Waals surface area contributed by atoms with E-state index in [0.29, 0.717) is 17.8 Å². The standard InChI is InChI=1S/C39H48Cl4N6O4S/c1-5-6-7-8-9-10-11-12-13-14-19-54(52,53)24-27(4)38(50)44-29-17-18-31(41)34(23-29)45-37-35(47-46-30-16-15-25(2)26(3)20-30)39(51)49(48-37)36-32(42)21-28(40)22-33(36)43/h15-18,20-23,27,35H,5-14,19,24H2,1-4H3,(H,44,50)(H,45,48). The highest BCUT2D eigenvalue weighted by Gasteiger charge is 2.41. The fraction of sp³-hybridized carbons (Fsp3) is 0.462. The van der Waals surface area contributed by atoms with Crippen LogP contribution in [0.3, 0.4) is 0 Å². The van der Waals surface area contributed by atoms with Crippen LogP contribution in [0.2, 0.25) is 20.1 Å². The molecule has 1 aliphatic rings. The predicted molar refractivity (Wildman–Crippen MR) is 223 cm³/mol. The number of carbonyl (C=O) groups excluding carboxylic acids is 2. The predicted octanol–water partition coefficient (Wildman–Crippen LogP) is 11.6. The van der Waals surface area contributed by atoms with E-state index in [4.69, 9.17) is 46.4 Å². The number of sulfone groups is 1. The minimum atomic E-state index is -3.43. The van der Waals surface area contributed by atoms with Gasteiger partial charge in [0, 0.05) is 16.6 Å². The van der Waals surface area contributed by atoms with Crippen molar-refractivity contribution < 1.29 is 18.0 Å². The highest BCUT2D eigenvalue weighted by Crippen LogP contribution is 2.38. The van der Waals surface area contributed by atoms with Gasteiger partial charge >= 0.3 is 0 Å². The molecule has 3 aromatic rings. The van der Waals surface area contributed by atoms with Gasteiger partial charge in [0.05, 0.1) is 37.9 Å². The number of unbranched alkanes of at least 4 members (excludes halogenated alkanes) is 9. The summed E-state index contributed by atoms with van der Waals surface area (Å²) in [5.41, 5.74) is 6.24. The minimum Gasteiger partial charge on any atom is -0.326 e. The lowest BCUT2D eigenvalue weighted by Crippen LogP contribution is -2.36. The van der Waals surface area contributed by atoms with Crippen molar-refractivity contribution in [3.05, 3.63) is 79.7 Å². The largest absolute Gasteiger partial charge is 0.326 e. The van der Waals surface area contributed by atoms with Gasteiger partial charge in [-0.3, -0.25) is 15.0 Å². The van der Waals surface area contributed by atoms with Crippen LogP contribution in [-0.4, -0.2) is 43.6 Å². The molecule has 2 unspecified atom stereocenters. The first kappa shape index (κ1) is 43.5. The first-order chi connectivity index (χ1) is 25.7. The number of nitrogens with zero attached hydrogens (tertiary/aromatic N) is 4. The molecule has 3 aromatic carbocycles. The van der Waals surface area contributed by atoms with Gasteiger partial charge in [0.1, 0.15) is 5.69 Å². The molecule has 0 spiro atoms. The van der Waals surface area contributed by atoms with Gasteiger partial charge in [0.25, 0.3) is 5.91 Å².